The monoisotopic (exact) mass is 600 g/mol. The predicted molar refractivity (Wildman–Crippen MR) is 146 cm³/mol. The van der Waals surface area contributed by atoms with Gasteiger partial charge in [0.15, 0.2) is 23.2 Å². The molecule has 1 fully saturated rings. The minimum absolute atomic E-state index is 0.00587. The van der Waals surface area contributed by atoms with Gasteiger partial charge in [-0.2, -0.15) is 4.31 Å². The van der Waals surface area contributed by atoms with E-state index in [1.807, 2.05) is 0 Å². The molecule has 0 amide bonds. The minimum Gasteiger partial charge on any atom is -0.497 e. The van der Waals surface area contributed by atoms with Crippen molar-refractivity contribution in [2.75, 3.05) is 20.2 Å². The van der Waals surface area contributed by atoms with Crippen LogP contribution in [0.3, 0.4) is 0 Å². The summed E-state index contributed by atoms with van der Waals surface area (Å²) < 4.78 is 88.4. The minimum atomic E-state index is -4.59. The van der Waals surface area contributed by atoms with Gasteiger partial charge in [0.1, 0.15) is 17.3 Å². The molecule has 0 saturated carbocycles. The molecule has 218 valence electrons. The van der Waals surface area contributed by atoms with Crippen molar-refractivity contribution in [3.05, 3.63) is 107 Å². The Labute approximate surface area is 238 Å². The molecule has 8 nitrogen and oxygen atoms in total. The van der Waals surface area contributed by atoms with E-state index in [4.69, 9.17) is 10.5 Å². The second-order valence-corrected chi connectivity index (χ2v) is 11.7. The standard InChI is InChI=1S/C29H24F4N4O4S/c1-41-21-6-8-35-26(11-21)28(38)29-14-17(15-34)25(36-20-4-2-19(30)3-5-20)10-18(29)7-9-37(16-29)42(39,40)22-12-23(31)27(33)24(32)13-22/h2-6,8,10-13,15H,7,9,14,16,34H2,1H3/t29-/m0/s1. The zero-order chi connectivity index (χ0) is 30.2. The number of halogens is 4. The fourth-order valence-electron chi connectivity index (χ4n) is 5.16. The smallest absolute Gasteiger partial charge is 0.243 e. The number of carbonyl (C=O) groups excluding carboxylic acids is 1. The number of fused-ring (bicyclic) bond motifs is 1. The molecule has 2 aliphatic rings. The van der Waals surface area contributed by atoms with E-state index < -0.39 is 55.9 Å². The fourth-order valence-corrected chi connectivity index (χ4v) is 6.69. The molecular formula is C29H24F4N4O4S. The third kappa shape index (κ3) is 5.21. The lowest BCUT2D eigenvalue weighted by Gasteiger charge is -2.45. The molecule has 1 saturated heterocycles. The van der Waals surface area contributed by atoms with Gasteiger partial charge in [-0.15, -0.1) is 0 Å². The number of hydrogen-bond acceptors (Lipinski definition) is 7. The van der Waals surface area contributed by atoms with Crippen LogP contribution in [0.25, 0.3) is 0 Å². The molecule has 13 heteroatoms. The van der Waals surface area contributed by atoms with Gasteiger partial charge in [-0.25, -0.2) is 31.0 Å². The number of allylic oxidation sites excluding steroid dienone is 2. The highest BCUT2D eigenvalue weighted by atomic mass is 32.2. The average Bonchev–Trinajstić information content (AvgIpc) is 2.99. The maximum Gasteiger partial charge on any atom is 0.243 e. The van der Waals surface area contributed by atoms with E-state index in [1.54, 1.807) is 12.1 Å². The third-order valence-electron chi connectivity index (χ3n) is 7.33. The van der Waals surface area contributed by atoms with Gasteiger partial charge < -0.3 is 10.5 Å². The average molecular weight is 601 g/mol. The molecule has 5 rings (SSSR count). The first-order valence-electron chi connectivity index (χ1n) is 12.6. The Morgan fingerprint density at radius 3 is 2.43 bits per heavy atom. The van der Waals surface area contributed by atoms with Crippen LogP contribution in [-0.4, -0.2) is 49.4 Å². The first-order valence-corrected chi connectivity index (χ1v) is 14.1. The number of hydrogen-bond donors (Lipinski definition) is 1. The number of aliphatic imine (C=N–C) groups is 1. The molecule has 3 aromatic rings. The number of ketones is 1. The van der Waals surface area contributed by atoms with E-state index >= 15 is 0 Å². The van der Waals surface area contributed by atoms with Gasteiger partial charge >= 0.3 is 0 Å². The molecular weight excluding hydrogens is 576 g/mol. The van der Waals surface area contributed by atoms with Crippen LogP contribution in [0.4, 0.5) is 23.2 Å². The SMILES string of the molecule is COc1ccnc(C(=O)[C@]23CC(=CN)C(=Nc4ccc(F)cc4)C=C2CCN(S(=O)(=O)c2cc(F)c(F)c(F)c2)C3)c1. The zero-order valence-corrected chi connectivity index (χ0v) is 23.0. The van der Waals surface area contributed by atoms with Crippen molar-refractivity contribution in [1.82, 2.24) is 9.29 Å². The third-order valence-corrected chi connectivity index (χ3v) is 9.15. The second-order valence-electron chi connectivity index (χ2n) is 9.79. The lowest BCUT2D eigenvalue weighted by atomic mass is 9.64. The molecule has 2 N–H and O–H groups in total. The summed E-state index contributed by atoms with van der Waals surface area (Å²) >= 11 is 0. The molecule has 0 radical (unpaired) electrons. The van der Waals surface area contributed by atoms with Crippen LogP contribution < -0.4 is 10.5 Å². The summed E-state index contributed by atoms with van der Waals surface area (Å²) in [5.41, 5.74) is 6.19. The normalized spacial score (nSPS) is 21.2. The number of piperidine rings is 1. The van der Waals surface area contributed by atoms with Gasteiger partial charge in [-0.3, -0.25) is 9.78 Å². The molecule has 0 unspecified atom stereocenters. The summed E-state index contributed by atoms with van der Waals surface area (Å²) in [5, 5.41) is 0. The Kier molecular flexibility index (Phi) is 7.73. The van der Waals surface area contributed by atoms with Crippen molar-refractivity contribution in [3.63, 3.8) is 0 Å². The van der Waals surface area contributed by atoms with E-state index in [2.05, 4.69) is 9.98 Å². The molecule has 2 heterocycles. The molecule has 1 aliphatic carbocycles. The van der Waals surface area contributed by atoms with Crippen molar-refractivity contribution < 1.29 is 35.5 Å². The highest BCUT2D eigenvalue weighted by molar-refractivity contribution is 7.89. The van der Waals surface area contributed by atoms with Crippen LogP contribution >= 0.6 is 0 Å². The van der Waals surface area contributed by atoms with Gasteiger partial charge in [0.2, 0.25) is 10.0 Å². The van der Waals surface area contributed by atoms with Crippen LogP contribution in [-0.2, 0) is 10.0 Å². The van der Waals surface area contributed by atoms with E-state index in [1.165, 1.54) is 49.8 Å². The molecule has 0 spiro atoms. The molecule has 1 aliphatic heterocycles. The summed E-state index contributed by atoms with van der Waals surface area (Å²) in [7, 11) is -3.17. The zero-order valence-electron chi connectivity index (χ0n) is 22.2. The number of rotatable bonds is 6. The summed E-state index contributed by atoms with van der Waals surface area (Å²) in [6, 6.07) is 9.19. The highest BCUT2D eigenvalue weighted by Gasteiger charge is 2.51. The van der Waals surface area contributed by atoms with E-state index in [9.17, 15) is 30.8 Å². The van der Waals surface area contributed by atoms with E-state index in [0.29, 0.717) is 40.4 Å². The fraction of sp³-hybridized carbons (Fsp3) is 0.207. The van der Waals surface area contributed by atoms with Crippen molar-refractivity contribution in [3.8, 4) is 5.75 Å². The Hall–Kier alpha value is -4.36. The topological polar surface area (TPSA) is 115 Å². The molecule has 42 heavy (non-hydrogen) atoms. The Morgan fingerprint density at radius 1 is 1.10 bits per heavy atom. The number of nitrogens with zero attached hydrogens (tertiary/aromatic N) is 3. The maximum atomic E-state index is 14.3. The van der Waals surface area contributed by atoms with Crippen molar-refractivity contribution in [2.24, 2.45) is 16.1 Å². The molecule has 1 aromatic heterocycles. The first kappa shape index (κ1) is 29.1. The first-order chi connectivity index (χ1) is 20.0. The van der Waals surface area contributed by atoms with Crippen LogP contribution in [0, 0.1) is 28.7 Å². The van der Waals surface area contributed by atoms with Gasteiger partial charge in [-0.05, 0) is 73.2 Å². The van der Waals surface area contributed by atoms with Gasteiger partial charge in [0, 0.05) is 25.4 Å². The van der Waals surface area contributed by atoms with Crippen LogP contribution in [0.5, 0.6) is 5.75 Å². The van der Waals surface area contributed by atoms with Crippen LogP contribution in [0.15, 0.2) is 88.0 Å². The maximum absolute atomic E-state index is 14.3. The van der Waals surface area contributed by atoms with Crippen LogP contribution in [0.2, 0.25) is 0 Å². The summed E-state index contributed by atoms with van der Waals surface area (Å²) in [6.07, 6.45) is 4.22. The second kappa shape index (κ2) is 11.1. The Bertz CT molecular complexity index is 1750. The van der Waals surface area contributed by atoms with Crippen molar-refractivity contribution in [1.29, 1.82) is 0 Å². The quantitative estimate of drug-likeness (QED) is 0.246. The number of methoxy groups -OCH3 is 1. The highest BCUT2D eigenvalue weighted by Crippen LogP contribution is 2.48. The lowest BCUT2D eigenvalue weighted by Crippen LogP contribution is -2.53. The largest absolute Gasteiger partial charge is 0.497 e. The number of Topliss-reactive ketones (excluding diaryl/α,β-unsaturated/α-hetero) is 1. The Balaban J connectivity index is 1.64. The summed E-state index contributed by atoms with van der Waals surface area (Å²) in [4.78, 5) is 22.2. The summed E-state index contributed by atoms with van der Waals surface area (Å²) in [6.45, 7) is -0.582. The Morgan fingerprint density at radius 2 is 1.79 bits per heavy atom. The van der Waals surface area contributed by atoms with Crippen molar-refractivity contribution in [2.45, 2.75) is 17.7 Å². The van der Waals surface area contributed by atoms with E-state index in [0.717, 1.165) is 4.31 Å². The number of carbonyl (C=O) groups is 1. The lowest BCUT2D eigenvalue weighted by molar-refractivity contribution is 0.0770. The number of ether oxygens (including phenoxy) is 1. The number of sulfonamides is 1. The summed E-state index contributed by atoms with van der Waals surface area (Å²) in [5.74, 6) is -5.76. The molecule has 1 atom stereocenters. The van der Waals surface area contributed by atoms with Gasteiger partial charge in [0.05, 0.1) is 28.8 Å². The molecule has 2 aromatic carbocycles. The predicted octanol–water partition coefficient (Wildman–Crippen LogP) is 4.86. The van der Waals surface area contributed by atoms with Gasteiger partial charge in [0.25, 0.3) is 0 Å². The number of pyridine rings is 1. The number of nitrogens with two attached hydrogens (primary N) is 1. The van der Waals surface area contributed by atoms with Crippen molar-refractivity contribution >= 4 is 27.2 Å². The van der Waals surface area contributed by atoms with E-state index in [-0.39, 0.29) is 25.1 Å². The number of aromatic nitrogens is 1. The van der Waals surface area contributed by atoms with Crippen LogP contribution in [0.1, 0.15) is 23.3 Å². The van der Waals surface area contributed by atoms with Gasteiger partial charge in [-0.1, -0.05) is 5.57 Å². The number of benzene rings is 2. The molecule has 0 bridgehead atoms.